The van der Waals surface area contributed by atoms with Crippen LogP contribution in [0.4, 0.5) is 5.69 Å². The lowest BCUT2D eigenvalue weighted by Gasteiger charge is -2.15. The van der Waals surface area contributed by atoms with Crippen LogP contribution >= 0.6 is 0 Å². The van der Waals surface area contributed by atoms with Gasteiger partial charge in [-0.3, -0.25) is 4.99 Å². The van der Waals surface area contributed by atoms with Gasteiger partial charge in [-0.15, -0.1) is 0 Å². The number of para-hydroxylation sites is 2. The first kappa shape index (κ1) is 14.3. The summed E-state index contributed by atoms with van der Waals surface area (Å²) in [6, 6.07) is 15.5. The van der Waals surface area contributed by atoms with Gasteiger partial charge >= 0.3 is 0 Å². The molecule has 0 aliphatic heterocycles. The molecule has 1 unspecified atom stereocenters. The number of nitrogens with zero attached hydrogens (tertiary/aromatic N) is 1. The third-order valence-electron chi connectivity index (χ3n) is 3.62. The van der Waals surface area contributed by atoms with E-state index in [0.717, 1.165) is 28.9 Å². The highest BCUT2D eigenvalue weighted by atomic mass is 16.3. The Bertz CT molecular complexity index is 616. The number of phenols is 1. The minimum Gasteiger partial charge on any atom is -0.507 e. The molecule has 0 bridgehead atoms. The van der Waals surface area contributed by atoms with Crippen molar-refractivity contribution in [1.82, 2.24) is 0 Å². The molecule has 0 saturated carbocycles. The maximum Gasteiger partial charge on any atom is 0.124 e. The molecular weight excluding hydrogens is 246 g/mol. The summed E-state index contributed by atoms with van der Waals surface area (Å²) >= 11 is 0. The number of aromatic hydroxyl groups is 1. The molecule has 0 heterocycles. The van der Waals surface area contributed by atoms with Crippen molar-refractivity contribution in [2.24, 2.45) is 10.9 Å². The Labute approximate surface area is 120 Å². The summed E-state index contributed by atoms with van der Waals surface area (Å²) in [6.07, 6.45) is 0.985. The van der Waals surface area contributed by atoms with Crippen molar-refractivity contribution in [2.75, 3.05) is 0 Å². The number of aliphatic imine (C=N–C) groups is 1. The summed E-state index contributed by atoms with van der Waals surface area (Å²) in [5.74, 6) is 0.586. The van der Waals surface area contributed by atoms with E-state index in [1.807, 2.05) is 36.4 Å². The molecule has 0 saturated heterocycles. The maximum absolute atomic E-state index is 10.1. The van der Waals surface area contributed by atoms with E-state index in [4.69, 9.17) is 4.99 Å². The van der Waals surface area contributed by atoms with Gasteiger partial charge in [0.05, 0.1) is 11.4 Å². The van der Waals surface area contributed by atoms with Crippen LogP contribution in [0.15, 0.2) is 53.5 Å². The molecule has 0 spiro atoms. The molecule has 20 heavy (non-hydrogen) atoms. The lowest BCUT2D eigenvalue weighted by molar-refractivity contribution is 0.473. The molecule has 1 atom stereocenters. The Morgan fingerprint density at radius 1 is 1.10 bits per heavy atom. The molecule has 2 rings (SSSR count). The number of hydrogen-bond acceptors (Lipinski definition) is 2. The van der Waals surface area contributed by atoms with Crippen LogP contribution in [0.25, 0.3) is 0 Å². The van der Waals surface area contributed by atoms with Crippen molar-refractivity contribution in [3.63, 3.8) is 0 Å². The van der Waals surface area contributed by atoms with Gasteiger partial charge in [-0.05, 0) is 43.0 Å². The van der Waals surface area contributed by atoms with Gasteiger partial charge in [-0.2, -0.15) is 0 Å². The van der Waals surface area contributed by atoms with Crippen LogP contribution in [0.3, 0.4) is 0 Å². The topological polar surface area (TPSA) is 32.6 Å². The van der Waals surface area contributed by atoms with Crippen molar-refractivity contribution in [3.8, 4) is 5.75 Å². The summed E-state index contributed by atoms with van der Waals surface area (Å²) in [5.41, 5.74) is 3.87. The normalized spacial score (nSPS) is 13.2. The standard InChI is InChI=1S/C18H21NO/c1-4-13(2)18(15-10-6-8-12-17(15)20)19-16-11-7-5-9-14(16)3/h5-13,20H,4H2,1-3H3/b19-18+. The first-order chi connectivity index (χ1) is 9.63. The lowest BCUT2D eigenvalue weighted by Crippen LogP contribution is -2.12. The zero-order valence-electron chi connectivity index (χ0n) is 12.3. The summed E-state index contributed by atoms with van der Waals surface area (Å²) in [4.78, 5) is 4.82. The molecule has 0 fully saturated rings. The Morgan fingerprint density at radius 2 is 1.75 bits per heavy atom. The van der Waals surface area contributed by atoms with Crippen molar-refractivity contribution < 1.29 is 5.11 Å². The molecule has 2 aromatic carbocycles. The van der Waals surface area contributed by atoms with E-state index in [1.54, 1.807) is 6.07 Å². The van der Waals surface area contributed by atoms with Crippen molar-refractivity contribution in [1.29, 1.82) is 0 Å². The predicted octanol–water partition coefficient (Wildman–Crippen LogP) is 4.87. The second kappa shape index (κ2) is 6.38. The Hall–Kier alpha value is -2.09. The first-order valence-electron chi connectivity index (χ1n) is 7.06. The summed E-state index contributed by atoms with van der Waals surface area (Å²) < 4.78 is 0. The number of aryl methyl sites for hydroxylation is 1. The molecule has 0 aliphatic rings. The maximum atomic E-state index is 10.1. The number of rotatable bonds is 4. The molecule has 0 radical (unpaired) electrons. The smallest absolute Gasteiger partial charge is 0.124 e. The minimum absolute atomic E-state index is 0.292. The van der Waals surface area contributed by atoms with Gasteiger partial charge < -0.3 is 5.11 Å². The fraction of sp³-hybridized carbons (Fsp3) is 0.278. The summed E-state index contributed by atoms with van der Waals surface area (Å²) in [5, 5.41) is 10.1. The average molecular weight is 267 g/mol. The average Bonchev–Trinajstić information content (AvgIpc) is 2.47. The Morgan fingerprint density at radius 3 is 2.40 bits per heavy atom. The zero-order chi connectivity index (χ0) is 14.5. The monoisotopic (exact) mass is 267 g/mol. The number of hydrogen-bond donors (Lipinski definition) is 1. The van der Waals surface area contributed by atoms with Gasteiger partial charge in [0, 0.05) is 5.56 Å². The van der Waals surface area contributed by atoms with Crippen molar-refractivity contribution >= 4 is 11.4 Å². The fourth-order valence-electron chi connectivity index (χ4n) is 2.14. The van der Waals surface area contributed by atoms with Gasteiger partial charge in [-0.1, -0.05) is 44.2 Å². The molecule has 2 heteroatoms. The second-order valence-electron chi connectivity index (χ2n) is 5.11. The zero-order valence-corrected chi connectivity index (χ0v) is 12.3. The van der Waals surface area contributed by atoms with Crippen LogP contribution in [0.2, 0.25) is 0 Å². The molecule has 2 nitrogen and oxygen atoms in total. The van der Waals surface area contributed by atoms with E-state index in [-0.39, 0.29) is 0 Å². The highest BCUT2D eigenvalue weighted by Crippen LogP contribution is 2.26. The van der Waals surface area contributed by atoms with Gasteiger partial charge in [0.2, 0.25) is 0 Å². The molecule has 0 aliphatic carbocycles. The van der Waals surface area contributed by atoms with Gasteiger partial charge in [0.15, 0.2) is 0 Å². The quantitative estimate of drug-likeness (QED) is 0.788. The Balaban J connectivity index is 2.55. The predicted molar refractivity (Wildman–Crippen MR) is 84.9 cm³/mol. The van der Waals surface area contributed by atoms with Gasteiger partial charge in [0.25, 0.3) is 0 Å². The summed E-state index contributed by atoms with van der Waals surface area (Å²) in [6.45, 7) is 6.33. The highest BCUT2D eigenvalue weighted by molar-refractivity contribution is 6.05. The lowest BCUT2D eigenvalue weighted by atomic mass is 9.95. The third kappa shape index (κ3) is 3.08. The molecular formula is C18H21NO. The van der Waals surface area contributed by atoms with E-state index in [9.17, 15) is 5.11 Å². The van der Waals surface area contributed by atoms with E-state index in [0.29, 0.717) is 11.7 Å². The van der Waals surface area contributed by atoms with Gasteiger partial charge in [0.1, 0.15) is 5.75 Å². The van der Waals surface area contributed by atoms with E-state index in [2.05, 4.69) is 26.8 Å². The molecule has 0 aromatic heterocycles. The van der Waals surface area contributed by atoms with Crippen LogP contribution < -0.4 is 0 Å². The van der Waals surface area contributed by atoms with Crippen LogP contribution in [-0.2, 0) is 0 Å². The largest absolute Gasteiger partial charge is 0.507 e. The third-order valence-corrected chi connectivity index (χ3v) is 3.62. The van der Waals surface area contributed by atoms with E-state index < -0.39 is 0 Å². The van der Waals surface area contributed by atoms with Gasteiger partial charge in [-0.25, -0.2) is 0 Å². The highest BCUT2D eigenvalue weighted by Gasteiger charge is 2.15. The van der Waals surface area contributed by atoms with Crippen LogP contribution in [0.5, 0.6) is 5.75 Å². The van der Waals surface area contributed by atoms with Crippen LogP contribution in [0.1, 0.15) is 31.4 Å². The van der Waals surface area contributed by atoms with E-state index >= 15 is 0 Å². The van der Waals surface area contributed by atoms with E-state index in [1.165, 1.54) is 0 Å². The first-order valence-corrected chi connectivity index (χ1v) is 7.06. The molecule has 104 valence electrons. The van der Waals surface area contributed by atoms with Crippen molar-refractivity contribution in [3.05, 3.63) is 59.7 Å². The second-order valence-corrected chi connectivity index (χ2v) is 5.11. The number of phenolic OH excluding ortho intramolecular Hbond substituents is 1. The Kier molecular flexibility index (Phi) is 4.57. The molecule has 0 amide bonds. The summed E-state index contributed by atoms with van der Waals surface area (Å²) in [7, 11) is 0. The molecule has 2 aromatic rings. The van der Waals surface area contributed by atoms with Crippen LogP contribution in [0, 0.1) is 12.8 Å². The molecule has 1 N–H and O–H groups in total. The van der Waals surface area contributed by atoms with Crippen molar-refractivity contribution in [2.45, 2.75) is 27.2 Å². The van der Waals surface area contributed by atoms with Crippen LogP contribution in [-0.4, -0.2) is 10.8 Å². The fourth-order valence-corrected chi connectivity index (χ4v) is 2.14. The SMILES string of the molecule is CCC(C)/C(=N\c1ccccc1C)c1ccccc1O. The number of benzene rings is 2. The minimum atomic E-state index is 0.292.